The van der Waals surface area contributed by atoms with Gasteiger partial charge in [-0.15, -0.1) is 11.3 Å². The van der Waals surface area contributed by atoms with Crippen molar-refractivity contribution in [1.29, 1.82) is 0 Å². The molecule has 0 aliphatic carbocycles. The fourth-order valence-corrected chi connectivity index (χ4v) is 5.20. The van der Waals surface area contributed by atoms with Crippen molar-refractivity contribution in [3.05, 3.63) is 68.6 Å². The Balaban J connectivity index is 1.74. The van der Waals surface area contributed by atoms with Crippen LogP contribution in [0.2, 0.25) is 9.36 Å². The highest BCUT2D eigenvalue weighted by Crippen LogP contribution is 2.39. The molecule has 3 aromatic heterocycles. The highest BCUT2D eigenvalue weighted by Gasteiger charge is 2.23. The van der Waals surface area contributed by atoms with Gasteiger partial charge in [0.2, 0.25) is 5.91 Å². The Bertz CT molecular complexity index is 1160. The second-order valence-corrected chi connectivity index (χ2v) is 9.33. The molecule has 0 aliphatic rings. The van der Waals surface area contributed by atoms with Crippen LogP contribution >= 0.6 is 45.9 Å². The minimum Gasteiger partial charge on any atom is -0.494 e. The van der Waals surface area contributed by atoms with E-state index < -0.39 is 0 Å². The number of benzene rings is 1. The SMILES string of the molecule is COc1ccc(Cl)c2sc(N(Cc3ccncc3)C(=O)Cc3ccc(Cl)s3)nc12. The van der Waals surface area contributed by atoms with Gasteiger partial charge in [0.15, 0.2) is 5.13 Å². The zero-order chi connectivity index (χ0) is 20.4. The molecule has 0 saturated heterocycles. The van der Waals surface area contributed by atoms with Gasteiger partial charge in [0.05, 0.1) is 34.1 Å². The van der Waals surface area contributed by atoms with Crippen LogP contribution in [-0.4, -0.2) is 23.0 Å². The molecule has 5 nitrogen and oxygen atoms in total. The molecule has 3 heterocycles. The van der Waals surface area contributed by atoms with Gasteiger partial charge in [-0.2, -0.15) is 0 Å². The Hall–Kier alpha value is -2.19. The Kier molecular flexibility index (Phi) is 6.01. The largest absolute Gasteiger partial charge is 0.494 e. The number of rotatable bonds is 6. The number of halogens is 2. The Morgan fingerprint density at radius 1 is 1.10 bits per heavy atom. The highest BCUT2D eigenvalue weighted by molar-refractivity contribution is 7.23. The highest BCUT2D eigenvalue weighted by atomic mass is 35.5. The number of fused-ring (bicyclic) bond motifs is 1. The Labute approximate surface area is 185 Å². The van der Waals surface area contributed by atoms with E-state index in [1.165, 1.54) is 22.7 Å². The van der Waals surface area contributed by atoms with E-state index in [0.717, 1.165) is 15.1 Å². The van der Waals surface area contributed by atoms with Gasteiger partial charge in [-0.25, -0.2) is 4.98 Å². The number of pyridine rings is 1. The first-order chi connectivity index (χ1) is 14.0. The monoisotopic (exact) mass is 463 g/mol. The van der Waals surface area contributed by atoms with Crippen molar-refractivity contribution in [3.8, 4) is 5.75 Å². The smallest absolute Gasteiger partial charge is 0.234 e. The van der Waals surface area contributed by atoms with Gasteiger partial charge >= 0.3 is 0 Å². The van der Waals surface area contributed by atoms with Crippen molar-refractivity contribution in [3.63, 3.8) is 0 Å². The Morgan fingerprint density at radius 2 is 1.90 bits per heavy atom. The second kappa shape index (κ2) is 8.67. The molecule has 9 heteroatoms. The summed E-state index contributed by atoms with van der Waals surface area (Å²) in [5.74, 6) is 0.544. The number of methoxy groups -OCH3 is 1. The molecule has 4 rings (SSSR count). The quantitative estimate of drug-likeness (QED) is 0.360. The summed E-state index contributed by atoms with van der Waals surface area (Å²) < 4.78 is 6.86. The van der Waals surface area contributed by atoms with E-state index in [1.807, 2.05) is 18.2 Å². The third-order valence-electron chi connectivity index (χ3n) is 4.24. The number of amides is 1. The average molecular weight is 464 g/mol. The number of hydrogen-bond acceptors (Lipinski definition) is 6. The van der Waals surface area contributed by atoms with Crippen LogP contribution in [0.4, 0.5) is 5.13 Å². The number of carbonyl (C=O) groups is 1. The summed E-state index contributed by atoms with van der Waals surface area (Å²) >= 11 is 15.2. The lowest BCUT2D eigenvalue weighted by Gasteiger charge is -2.19. The van der Waals surface area contributed by atoms with Crippen LogP contribution in [0.25, 0.3) is 10.2 Å². The molecule has 0 fully saturated rings. The summed E-state index contributed by atoms with van der Waals surface area (Å²) in [5.41, 5.74) is 1.60. The molecule has 4 aromatic rings. The molecule has 0 atom stereocenters. The van der Waals surface area contributed by atoms with Gasteiger partial charge < -0.3 is 4.74 Å². The zero-order valence-corrected chi connectivity index (χ0v) is 18.4. The summed E-state index contributed by atoms with van der Waals surface area (Å²) in [7, 11) is 1.59. The number of thiazole rings is 1. The van der Waals surface area contributed by atoms with E-state index in [9.17, 15) is 4.79 Å². The standard InChI is InChI=1S/C20H15Cl2N3O2S2/c1-27-15-4-3-14(21)19-18(15)24-20(29-19)25(11-12-6-8-23-9-7-12)17(26)10-13-2-5-16(22)28-13/h2-9H,10-11H2,1H3. The molecule has 0 unspecified atom stereocenters. The van der Waals surface area contributed by atoms with Gasteiger partial charge in [0.1, 0.15) is 11.3 Å². The van der Waals surface area contributed by atoms with Crippen molar-refractivity contribution < 1.29 is 9.53 Å². The number of ether oxygens (including phenoxy) is 1. The van der Waals surface area contributed by atoms with Crippen LogP contribution in [0.1, 0.15) is 10.4 Å². The molecule has 0 saturated carbocycles. The van der Waals surface area contributed by atoms with Crippen molar-refractivity contribution >= 4 is 67.1 Å². The molecule has 29 heavy (non-hydrogen) atoms. The van der Waals surface area contributed by atoms with Crippen LogP contribution in [0.5, 0.6) is 5.75 Å². The van der Waals surface area contributed by atoms with E-state index in [2.05, 4.69) is 9.97 Å². The fraction of sp³-hybridized carbons (Fsp3) is 0.150. The first-order valence-corrected chi connectivity index (χ1v) is 11.0. The number of anilines is 1. The minimum atomic E-state index is -0.0746. The second-order valence-electron chi connectivity index (χ2n) is 6.14. The predicted octanol–water partition coefficient (Wildman–Crippen LogP) is 5.84. The fourth-order valence-electron chi connectivity index (χ4n) is 2.85. The van der Waals surface area contributed by atoms with Gasteiger partial charge in [0.25, 0.3) is 0 Å². The van der Waals surface area contributed by atoms with E-state index >= 15 is 0 Å². The van der Waals surface area contributed by atoms with Crippen LogP contribution < -0.4 is 9.64 Å². The molecule has 148 valence electrons. The van der Waals surface area contributed by atoms with Crippen LogP contribution in [0.15, 0.2) is 48.8 Å². The summed E-state index contributed by atoms with van der Waals surface area (Å²) in [5, 5.41) is 1.14. The van der Waals surface area contributed by atoms with Gasteiger partial charge in [-0.05, 0) is 42.0 Å². The number of aromatic nitrogens is 2. The van der Waals surface area contributed by atoms with Crippen LogP contribution in [-0.2, 0) is 17.8 Å². The summed E-state index contributed by atoms with van der Waals surface area (Å²) in [6.07, 6.45) is 3.65. The molecule has 0 spiro atoms. The van der Waals surface area contributed by atoms with Crippen molar-refractivity contribution in [2.24, 2.45) is 0 Å². The Morgan fingerprint density at radius 3 is 2.59 bits per heavy atom. The third-order valence-corrected chi connectivity index (χ3v) is 7.01. The third kappa shape index (κ3) is 4.38. The molecular weight excluding hydrogens is 449 g/mol. The molecule has 0 N–H and O–H groups in total. The van der Waals surface area contributed by atoms with E-state index in [4.69, 9.17) is 27.9 Å². The van der Waals surface area contributed by atoms with Crippen molar-refractivity contribution in [2.75, 3.05) is 12.0 Å². The van der Waals surface area contributed by atoms with Crippen LogP contribution in [0.3, 0.4) is 0 Å². The van der Waals surface area contributed by atoms with Gasteiger partial charge in [-0.3, -0.25) is 14.7 Å². The molecule has 0 radical (unpaired) electrons. The number of thiophene rings is 1. The first-order valence-electron chi connectivity index (χ1n) is 8.61. The lowest BCUT2D eigenvalue weighted by atomic mass is 10.2. The maximum atomic E-state index is 13.2. The van der Waals surface area contributed by atoms with E-state index in [1.54, 1.807) is 42.6 Å². The summed E-state index contributed by atoms with van der Waals surface area (Å²) in [4.78, 5) is 24.5. The van der Waals surface area contributed by atoms with Crippen molar-refractivity contribution in [1.82, 2.24) is 9.97 Å². The van der Waals surface area contributed by atoms with E-state index in [0.29, 0.717) is 32.3 Å². The van der Waals surface area contributed by atoms with Crippen LogP contribution in [0, 0.1) is 0 Å². The predicted molar refractivity (Wildman–Crippen MR) is 120 cm³/mol. The molecular formula is C20H15Cl2N3O2S2. The van der Waals surface area contributed by atoms with Gasteiger partial charge in [0, 0.05) is 17.3 Å². The summed E-state index contributed by atoms with van der Waals surface area (Å²) in [6, 6.07) is 11.0. The first kappa shape index (κ1) is 20.1. The minimum absolute atomic E-state index is 0.0746. The molecule has 0 aliphatic heterocycles. The number of hydrogen-bond donors (Lipinski definition) is 0. The number of carbonyl (C=O) groups excluding carboxylic acids is 1. The lowest BCUT2D eigenvalue weighted by molar-refractivity contribution is -0.118. The van der Waals surface area contributed by atoms with Gasteiger partial charge in [-0.1, -0.05) is 34.5 Å². The molecule has 0 bridgehead atoms. The lowest BCUT2D eigenvalue weighted by Crippen LogP contribution is -2.31. The van der Waals surface area contributed by atoms with E-state index in [-0.39, 0.29) is 12.3 Å². The average Bonchev–Trinajstić information content (AvgIpc) is 3.34. The number of nitrogens with zero attached hydrogens (tertiary/aromatic N) is 3. The maximum absolute atomic E-state index is 13.2. The normalized spacial score (nSPS) is 11.0. The molecule has 1 amide bonds. The maximum Gasteiger partial charge on any atom is 0.234 e. The zero-order valence-electron chi connectivity index (χ0n) is 15.3. The molecule has 1 aromatic carbocycles. The van der Waals surface area contributed by atoms with Crippen molar-refractivity contribution in [2.45, 2.75) is 13.0 Å². The topological polar surface area (TPSA) is 55.3 Å². The summed E-state index contributed by atoms with van der Waals surface area (Å²) in [6.45, 7) is 0.375.